The van der Waals surface area contributed by atoms with Gasteiger partial charge in [-0.15, -0.1) is 0 Å². The Hall–Kier alpha value is -2.39. The molecule has 0 aliphatic carbocycles. The van der Waals surface area contributed by atoms with E-state index in [4.69, 9.17) is 4.42 Å². The molecule has 9 heteroatoms. The summed E-state index contributed by atoms with van der Waals surface area (Å²) in [5, 5.41) is 2.71. The fraction of sp³-hybridized carbons (Fsp3) is 0.412. The monoisotopic (exact) mass is 381 g/mol. The number of carbonyl (C=O) groups excluding carboxylic acids is 1. The normalized spacial score (nSPS) is 12.9. The lowest BCUT2D eigenvalue weighted by Gasteiger charge is -2.19. The molecule has 0 spiro atoms. The second-order valence-corrected chi connectivity index (χ2v) is 7.66. The summed E-state index contributed by atoms with van der Waals surface area (Å²) in [4.78, 5) is 24.2. The van der Waals surface area contributed by atoms with Crippen LogP contribution in [0.3, 0.4) is 0 Å². The predicted octanol–water partition coefficient (Wildman–Crippen LogP) is 1.35. The number of pyridine rings is 1. The first-order chi connectivity index (χ1) is 12.3. The van der Waals surface area contributed by atoms with Crippen LogP contribution in [0.4, 0.5) is 0 Å². The molecule has 0 aliphatic heterocycles. The number of aromatic nitrogens is 1. The molecule has 1 amide bonds. The Morgan fingerprint density at radius 1 is 1.27 bits per heavy atom. The molecule has 0 saturated carbocycles. The lowest BCUT2D eigenvalue weighted by atomic mass is 10.2. The number of sulfonamides is 1. The fourth-order valence-electron chi connectivity index (χ4n) is 2.55. The van der Waals surface area contributed by atoms with Crippen LogP contribution in [0.15, 0.2) is 50.8 Å². The maximum atomic E-state index is 12.6. The van der Waals surface area contributed by atoms with Gasteiger partial charge in [-0.05, 0) is 25.1 Å². The van der Waals surface area contributed by atoms with E-state index in [0.717, 1.165) is 10.6 Å². The maximum absolute atomic E-state index is 12.6. The number of furan rings is 1. The summed E-state index contributed by atoms with van der Waals surface area (Å²) in [5.74, 6) is 0.164. The highest BCUT2D eigenvalue weighted by Gasteiger charge is 2.22. The molecule has 2 aromatic heterocycles. The third kappa shape index (κ3) is 4.41. The SMILES string of the molecule is CCN(CC)S(=O)(=O)c1ccc(=O)n(CC(=O)NC(C)c2ccco2)c1. The van der Waals surface area contributed by atoms with Crippen LogP contribution in [0.1, 0.15) is 32.6 Å². The molecule has 1 N–H and O–H groups in total. The molecule has 1 unspecified atom stereocenters. The molecule has 0 bridgehead atoms. The van der Waals surface area contributed by atoms with Crippen molar-refractivity contribution < 1.29 is 17.6 Å². The number of rotatable bonds is 8. The minimum atomic E-state index is -3.71. The van der Waals surface area contributed by atoms with Crippen molar-refractivity contribution >= 4 is 15.9 Å². The Balaban J connectivity index is 2.20. The van der Waals surface area contributed by atoms with Crippen LogP contribution in [-0.2, 0) is 21.4 Å². The zero-order valence-electron chi connectivity index (χ0n) is 15.0. The van der Waals surface area contributed by atoms with Gasteiger partial charge in [-0.1, -0.05) is 13.8 Å². The average molecular weight is 381 g/mol. The van der Waals surface area contributed by atoms with E-state index in [2.05, 4.69) is 5.32 Å². The van der Waals surface area contributed by atoms with Crippen molar-refractivity contribution in [2.24, 2.45) is 0 Å². The van der Waals surface area contributed by atoms with Gasteiger partial charge in [0.1, 0.15) is 12.3 Å². The summed E-state index contributed by atoms with van der Waals surface area (Å²) in [6.45, 7) is 5.57. The highest BCUT2D eigenvalue weighted by atomic mass is 32.2. The topological polar surface area (TPSA) is 102 Å². The van der Waals surface area contributed by atoms with Crippen molar-refractivity contribution in [1.29, 1.82) is 0 Å². The van der Waals surface area contributed by atoms with Crippen LogP contribution < -0.4 is 10.9 Å². The molecule has 2 heterocycles. The predicted molar refractivity (Wildman–Crippen MR) is 96.1 cm³/mol. The fourth-order valence-corrected chi connectivity index (χ4v) is 4.03. The Labute approximate surface area is 152 Å². The van der Waals surface area contributed by atoms with Gasteiger partial charge in [0, 0.05) is 25.4 Å². The number of nitrogens with one attached hydrogen (secondary N) is 1. The molecule has 1 atom stereocenters. The van der Waals surface area contributed by atoms with Gasteiger partial charge in [0.25, 0.3) is 5.56 Å². The minimum absolute atomic E-state index is 0.0207. The lowest BCUT2D eigenvalue weighted by Crippen LogP contribution is -2.35. The highest BCUT2D eigenvalue weighted by Crippen LogP contribution is 2.14. The number of nitrogens with zero attached hydrogens (tertiary/aromatic N) is 2. The molecular weight excluding hydrogens is 358 g/mol. The average Bonchev–Trinajstić information content (AvgIpc) is 3.12. The Bertz CT molecular complexity index is 899. The maximum Gasteiger partial charge on any atom is 0.251 e. The van der Waals surface area contributed by atoms with Gasteiger partial charge in [-0.25, -0.2) is 8.42 Å². The zero-order chi connectivity index (χ0) is 19.3. The lowest BCUT2D eigenvalue weighted by molar-refractivity contribution is -0.122. The van der Waals surface area contributed by atoms with E-state index >= 15 is 0 Å². The number of hydrogen-bond donors (Lipinski definition) is 1. The van der Waals surface area contributed by atoms with Crippen molar-refractivity contribution in [3.63, 3.8) is 0 Å². The first-order valence-electron chi connectivity index (χ1n) is 8.33. The Kier molecular flexibility index (Phi) is 6.38. The van der Waals surface area contributed by atoms with E-state index in [9.17, 15) is 18.0 Å². The van der Waals surface area contributed by atoms with Crippen molar-refractivity contribution in [3.05, 3.63) is 52.8 Å². The molecule has 0 aromatic carbocycles. The van der Waals surface area contributed by atoms with E-state index < -0.39 is 21.5 Å². The molecule has 2 aromatic rings. The molecule has 0 saturated heterocycles. The van der Waals surface area contributed by atoms with Gasteiger partial charge in [0.15, 0.2) is 0 Å². The van der Waals surface area contributed by atoms with E-state index in [1.807, 2.05) is 0 Å². The van der Waals surface area contributed by atoms with Crippen molar-refractivity contribution in [1.82, 2.24) is 14.2 Å². The molecule has 0 aliphatic rings. The molecule has 142 valence electrons. The number of carbonyl (C=O) groups is 1. The summed E-state index contributed by atoms with van der Waals surface area (Å²) in [5.41, 5.74) is -0.454. The minimum Gasteiger partial charge on any atom is -0.467 e. The molecule has 0 radical (unpaired) electrons. The van der Waals surface area contributed by atoms with Gasteiger partial charge in [-0.3, -0.25) is 9.59 Å². The van der Waals surface area contributed by atoms with Gasteiger partial charge in [-0.2, -0.15) is 4.31 Å². The van der Waals surface area contributed by atoms with Gasteiger partial charge in [0.2, 0.25) is 15.9 Å². The second kappa shape index (κ2) is 8.33. The van der Waals surface area contributed by atoms with Crippen LogP contribution in [0.5, 0.6) is 0 Å². The van der Waals surface area contributed by atoms with E-state index in [1.54, 1.807) is 32.9 Å². The van der Waals surface area contributed by atoms with E-state index in [-0.39, 0.29) is 17.5 Å². The van der Waals surface area contributed by atoms with Gasteiger partial charge < -0.3 is 14.3 Å². The Morgan fingerprint density at radius 2 is 1.96 bits per heavy atom. The van der Waals surface area contributed by atoms with Crippen LogP contribution in [0.2, 0.25) is 0 Å². The van der Waals surface area contributed by atoms with Crippen molar-refractivity contribution in [3.8, 4) is 0 Å². The zero-order valence-corrected chi connectivity index (χ0v) is 15.8. The first kappa shape index (κ1) is 19.9. The van der Waals surface area contributed by atoms with Crippen LogP contribution in [0, 0.1) is 0 Å². The van der Waals surface area contributed by atoms with Crippen molar-refractivity contribution in [2.45, 2.75) is 38.3 Å². The van der Waals surface area contributed by atoms with Gasteiger partial charge in [0.05, 0.1) is 17.2 Å². The standard InChI is InChI=1S/C17H23N3O5S/c1-4-20(5-2)26(23,24)14-8-9-17(22)19(11-14)12-16(21)18-13(3)15-7-6-10-25-15/h6-11,13H,4-5,12H2,1-3H3,(H,18,21). The molecular formula is C17H23N3O5S. The summed E-state index contributed by atoms with van der Waals surface area (Å²) in [6.07, 6.45) is 2.71. The van der Waals surface area contributed by atoms with Crippen LogP contribution >= 0.6 is 0 Å². The number of amides is 1. The first-order valence-corrected chi connectivity index (χ1v) is 9.77. The quantitative estimate of drug-likeness (QED) is 0.744. The molecule has 0 fully saturated rings. The van der Waals surface area contributed by atoms with E-state index in [0.29, 0.717) is 18.8 Å². The summed E-state index contributed by atoms with van der Waals surface area (Å²) < 4.78 is 32.7. The molecule has 8 nitrogen and oxygen atoms in total. The molecule has 26 heavy (non-hydrogen) atoms. The summed E-state index contributed by atoms with van der Waals surface area (Å²) >= 11 is 0. The third-order valence-electron chi connectivity index (χ3n) is 3.96. The van der Waals surface area contributed by atoms with Crippen LogP contribution in [-0.4, -0.2) is 36.3 Å². The van der Waals surface area contributed by atoms with Crippen molar-refractivity contribution in [2.75, 3.05) is 13.1 Å². The second-order valence-electron chi connectivity index (χ2n) is 5.72. The Morgan fingerprint density at radius 3 is 2.54 bits per heavy atom. The van der Waals surface area contributed by atoms with Gasteiger partial charge >= 0.3 is 0 Å². The summed E-state index contributed by atoms with van der Waals surface area (Å²) in [6, 6.07) is 5.49. The van der Waals surface area contributed by atoms with Crippen LogP contribution in [0.25, 0.3) is 0 Å². The smallest absolute Gasteiger partial charge is 0.251 e. The largest absolute Gasteiger partial charge is 0.467 e. The number of hydrogen-bond acceptors (Lipinski definition) is 5. The highest BCUT2D eigenvalue weighted by molar-refractivity contribution is 7.89. The summed E-state index contributed by atoms with van der Waals surface area (Å²) in [7, 11) is -3.71. The van der Waals surface area contributed by atoms with E-state index in [1.165, 1.54) is 22.8 Å². The molecule has 2 rings (SSSR count). The third-order valence-corrected chi connectivity index (χ3v) is 5.99.